The van der Waals surface area contributed by atoms with E-state index in [0.717, 1.165) is 22.1 Å². The molecular formula is C17H22BrIN4OS. The highest BCUT2D eigenvalue weighted by Crippen LogP contribution is 2.20. The van der Waals surface area contributed by atoms with Crippen molar-refractivity contribution >= 4 is 68.8 Å². The Morgan fingerprint density at radius 3 is 2.88 bits per heavy atom. The number of thiophene rings is 1. The average molecular weight is 537 g/mol. The second-order valence-electron chi connectivity index (χ2n) is 5.28. The van der Waals surface area contributed by atoms with Crippen LogP contribution in [0.15, 0.2) is 45.2 Å². The molecule has 136 valence electrons. The molecule has 1 heterocycles. The number of anilines is 1. The second-order valence-corrected chi connectivity index (χ2v) is 7.23. The van der Waals surface area contributed by atoms with Gasteiger partial charge in [-0.1, -0.05) is 28.1 Å². The van der Waals surface area contributed by atoms with Crippen LogP contribution in [0, 0.1) is 6.92 Å². The van der Waals surface area contributed by atoms with E-state index in [1.807, 2.05) is 36.6 Å². The number of aryl methyl sites for hydroxylation is 1. The lowest BCUT2D eigenvalue weighted by Crippen LogP contribution is -2.34. The molecule has 0 atom stereocenters. The molecule has 0 radical (unpaired) electrons. The number of amides is 1. The standard InChI is InChI=1S/C17H21BrN4OS.HI/c1-12-4-5-13(18)11-15(12)22-16(23)7-9-21-17(19)20-8-6-14-3-2-10-24-14;/h2-5,10-11H,6-9H2,1H3,(H,22,23)(H3,19,20,21);1H. The molecule has 0 saturated carbocycles. The number of halogens is 2. The number of carbonyl (C=O) groups excluding carboxylic acids is 1. The summed E-state index contributed by atoms with van der Waals surface area (Å²) in [5.74, 6) is 0.313. The van der Waals surface area contributed by atoms with Crippen molar-refractivity contribution in [1.82, 2.24) is 5.32 Å². The molecule has 0 bridgehead atoms. The monoisotopic (exact) mass is 536 g/mol. The maximum atomic E-state index is 12.0. The van der Waals surface area contributed by atoms with Crippen molar-refractivity contribution in [2.24, 2.45) is 10.7 Å². The Morgan fingerprint density at radius 1 is 1.36 bits per heavy atom. The highest BCUT2D eigenvalue weighted by Gasteiger charge is 2.05. The van der Waals surface area contributed by atoms with Crippen molar-refractivity contribution in [2.45, 2.75) is 19.8 Å². The number of aliphatic imine (C=N–C) groups is 1. The van der Waals surface area contributed by atoms with Crippen LogP contribution >= 0.6 is 51.2 Å². The summed E-state index contributed by atoms with van der Waals surface area (Å²) in [4.78, 5) is 17.5. The van der Waals surface area contributed by atoms with Gasteiger partial charge in [-0.25, -0.2) is 0 Å². The molecule has 0 saturated heterocycles. The van der Waals surface area contributed by atoms with Crippen LogP contribution in [0.3, 0.4) is 0 Å². The fraction of sp³-hybridized carbons (Fsp3) is 0.294. The van der Waals surface area contributed by atoms with Gasteiger partial charge in [-0.05, 0) is 36.1 Å². The van der Waals surface area contributed by atoms with Crippen molar-refractivity contribution < 1.29 is 4.79 Å². The molecular weight excluding hydrogens is 515 g/mol. The van der Waals surface area contributed by atoms with Crippen molar-refractivity contribution in [2.75, 3.05) is 18.4 Å². The molecule has 0 spiro atoms. The Balaban J connectivity index is 0.00000312. The van der Waals surface area contributed by atoms with Gasteiger partial charge >= 0.3 is 0 Å². The molecule has 5 nitrogen and oxygen atoms in total. The first-order valence-electron chi connectivity index (χ1n) is 7.67. The van der Waals surface area contributed by atoms with E-state index in [2.05, 4.69) is 37.6 Å². The zero-order chi connectivity index (χ0) is 17.4. The fourth-order valence-corrected chi connectivity index (χ4v) is 3.10. The number of nitrogens with two attached hydrogens (primary N) is 1. The Kier molecular flexibility index (Phi) is 10.1. The third-order valence-corrected chi connectivity index (χ3v) is 4.78. The van der Waals surface area contributed by atoms with Crippen LogP contribution in [0.2, 0.25) is 0 Å². The summed E-state index contributed by atoms with van der Waals surface area (Å²) >= 11 is 5.11. The SMILES string of the molecule is Cc1ccc(Br)cc1NC(=O)CCNC(N)=NCCc1cccs1.I. The van der Waals surface area contributed by atoms with Gasteiger partial charge in [0.25, 0.3) is 0 Å². The second kappa shape index (κ2) is 11.5. The van der Waals surface area contributed by atoms with E-state index in [0.29, 0.717) is 25.5 Å². The summed E-state index contributed by atoms with van der Waals surface area (Å²) in [5.41, 5.74) is 7.63. The first-order valence-corrected chi connectivity index (χ1v) is 9.34. The lowest BCUT2D eigenvalue weighted by molar-refractivity contribution is -0.116. The molecule has 1 aromatic carbocycles. The highest BCUT2D eigenvalue weighted by molar-refractivity contribution is 14.0. The molecule has 1 aromatic heterocycles. The zero-order valence-corrected chi connectivity index (χ0v) is 18.7. The van der Waals surface area contributed by atoms with E-state index in [1.54, 1.807) is 11.3 Å². The predicted octanol–water partition coefficient (Wildman–Crippen LogP) is 3.91. The minimum absolute atomic E-state index is 0. The average Bonchev–Trinajstić information content (AvgIpc) is 3.04. The van der Waals surface area contributed by atoms with Crippen LogP contribution < -0.4 is 16.4 Å². The molecule has 1 amide bonds. The fourth-order valence-electron chi connectivity index (χ4n) is 2.04. The van der Waals surface area contributed by atoms with Gasteiger partial charge in [0.1, 0.15) is 0 Å². The highest BCUT2D eigenvalue weighted by atomic mass is 127. The summed E-state index contributed by atoms with van der Waals surface area (Å²) < 4.78 is 0.934. The lowest BCUT2D eigenvalue weighted by atomic mass is 10.2. The quantitative estimate of drug-likeness (QED) is 0.285. The number of carbonyl (C=O) groups is 1. The zero-order valence-electron chi connectivity index (χ0n) is 13.9. The maximum absolute atomic E-state index is 12.0. The van der Waals surface area contributed by atoms with Gasteiger partial charge in [0.15, 0.2) is 5.96 Å². The summed E-state index contributed by atoms with van der Waals surface area (Å²) in [6, 6.07) is 9.89. The summed E-state index contributed by atoms with van der Waals surface area (Å²) in [7, 11) is 0. The number of nitrogens with zero attached hydrogens (tertiary/aromatic N) is 1. The summed E-state index contributed by atoms with van der Waals surface area (Å²) in [6.45, 7) is 3.05. The van der Waals surface area contributed by atoms with Crippen molar-refractivity contribution in [3.63, 3.8) is 0 Å². The van der Waals surface area contributed by atoms with Crippen molar-refractivity contribution in [3.8, 4) is 0 Å². The van der Waals surface area contributed by atoms with E-state index in [4.69, 9.17) is 5.73 Å². The van der Waals surface area contributed by atoms with Gasteiger partial charge in [-0.3, -0.25) is 9.79 Å². The van der Waals surface area contributed by atoms with Crippen LogP contribution in [-0.4, -0.2) is 25.0 Å². The van der Waals surface area contributed by atoms with Crippen LogP contribution in [0.1, 0.15) is 16.9 Å². The number of hydrogen-bond acceptors (Lipinski definition) is 3. The third-order valence-electron chi connectivity index (χ3n) is 3.35. The Hall–Kier alpha value is -1.13. The topological polar surface area (TPSA) is 79.5 Å². The van der Waals surface area contributed by atoms with E-state index >= 15 is 0 Å². The van der Waals surface area contributed by atoms with Gasteiger partial charge in [-0.15, -0.1) is 35.3 Å². The van der Waals surface area contributed by atoms with Crippen molar-refractivity contribution in [1.29, 1.82) is 0 Å². The minimum atomic E-state index is -0.0601. The molecule has 8 heteroatoms. The smallest absolute Gasteiger partial charge is 0.226 e. The Morgan fingerprint density at radius 2 is 2.16 bits per heavy atom. The largest absolute Gasteiger partial charge is 0.370 e. The number of nitrogens with one attached hydrogen (secondary N) is 2. The molecule has 2 aromatic rings. The summed E-state index contributed by atoms with van der Waals surface area (Å²) in [5, 5.41) is 7.91. The first-order chi connectivity index (χ1) is 11.5. The molecule has 0 aliphatic heterocycles. The Labute approximate surface area is 177 Å². The third kappa shape index (κ3) is 8.19. The molecule has 4 N–H and O–H groups in total. The van der Waals surface area contributed by atoms with Crippen LogP contribution in [-0.2, 0) is 11.2 Å². The van der Waals surface area contributed by atoms with E-state index in [9.17, 15) is 4.79 Å². The predicted molar refractivity (Wildman–Crippen MR) is 120 cm³/mol. The van der Waals surface area contributed by atoms with E-state index < -0.39 is 0 Å². The molecule has 0 unspecified atom stereocenters. The number of benzene rings is 1. The molecule has 25 heavy (non-hydrogen) atoms. The summed E-state index contributed by atoms with van der Waals surface area (Å²) in [6.07, 6.45) is 1.20. The van der Waals surface area contributed by atoms with E-state index in [1.165, 1.54) is 4.88 Å². The van der Waals surface area contributed by atoms with Crippen LogP contribution in [0.25, 0.3) is 0 Å². The molecule has 2 rings (SSSR count). The van der Waals surface area contributed by atoms with Gasteiger partial charge in [-0.2, -0.15) is 0 Å². The molecule has 0 fully saturated rings. The number of hydrogen-bond donors (Lipinski definition) is 3. The van der Waals surface area contributed by atoms with Crippen LogP contribution in [0.5, 0.6) is 0 Å². The Bertz CT molecular complexity index is 707. The minimum Gasteiger partial charge on any atom is -0.370 e. The number of rotatable bonds is 7. The first kappa shape index (κ1) is 21.9. The van der Waals surface area contributed by atoms with Crippen LogP contribution in [0.4, 0.5) is 5.69 Å². The number of guanidine groups is 1. The normalized spacial score (nSPS) is 10.9. The molecule has 0 aliphatic carbocycles. The van der Waals surface area contributed by atoms with Gasteiger partial charge < -0.3 is 16.4 Å². The lowest BCUT2D eigenvalue weighted by Gasteiger charge is -2.09. The maximum Gasteiger partial charge on any atom is 0.226 e. The van der Waals surface area contributed by atoms with Gasteiger partial charge in [0.05, 0.1) is 0 Å². The van der Waals surface area contributed by atoms with E-state index in [-0.39, 0.29) is 29.9 Å². The van der Waals surface area contributed by atoms with Crippen molar-refractivity contribution in [3.05, 3.63) is 50.6 Å². The van der Waals surface area contributed by atoms with Gasteiger partial charge in [0.2, 0.25) is 5.91 Å². The van der Waals surface area contributed by atoms with Gasteiger partial charge in [0, 0.05) is 41.0 Å². The molecule has 0 aliphatic rings.